The summed E-state index contributed by atoms with van der Waals surface area (Å²) in [5.41, 5.74) is 0. The average Bonchev–Trinajstić information content (AvgIpc) is 2.35. The summed E-state index contributed by atoms with van der Waals surface area (Å²) in [6.45, 7) is 2.22. The highest BCUT2D eigenvalue weighted by Gasteiger charge is 2.29. The van der Waals surface area contributed by atoms with Crippen molar-refractivity contribution in [3.63, 3.8) is 0 Å². The van der Waals surface area contributed by atoms with E-state index in [9.17, 15) is 13.2 Å². The van der Waals surface area contributed by atoms with Gasteiger partial charge in [0.2, 0.25) is 0 Å². The van der Waals surface area contributed by atoms with Gasteiger partial charge in [-0.2, -0.15) is 13.2 Å². The van der Waals surface area contributed by atoms with Crippen molar-refractivity contribution < 1.29 is 13.2 Å². The molecule has 4 heteroatoms. The van der Waals surface area contributed by atoms with Crippen LogP contribution >= 0.6 is 0 Å². The Hall–Kier alpha value is -0.250. The van der Waals surface area contributed by atoms with Crippen LogP contribution in [0.25, 0.3) is 0 Å². The summed E-state index contributed by atoms with van der Waals surface area (Å²) in [4.78, 5) is 0. The Bertz CT molecular complexity index is 232. The van der Waals surface area contributed by atoms with Crippen LogP contribution in [0.15, 0.2) is 0 Å². The Morgan fingerprint density at radius 3 is 2.26 bits per heavy atom. The normalized spacial score (nSPS) is 26.4. The number of alkyl halides is 3. The minimum absolute atomic E-state index is 0.254. The van der Waals surface area contributed by atoms with Gasteiger partial charge < -0.3 is 5.32 Å². The van der Waals surface area contributed by atoms with Crippen LogP contribution in [-0.2, 0) is 0 Å². The van der Waals surface area contributed by atoms with Gasteiger partial charge in [0.1, 0.15) is 0 Å². The van der Waals surface area contributed by atoms with E-state index >= 15 is 0 Å². The molecule has 0 radical (unpaired) electrons. The van der Waals surface area contributed by atoms with Crippen LogP contribution in [0.4, 0.5) is 13.2 Å². The van der Waals surface area contributed by atoms with Crippen molar-refractivity contribution in [2.24, 2.45) is 11.8 Å². The van der Waals surface area contributed by atoms with Crippen molar-refractivity contribution in [3.8, 4) is 0 Å². The molecule has 0 amide bonds. The first-order chi connectivity index (χ1) is 8.96. The Balaban J connectivity index is 2.28. The smallest absolute Gasteiger partial charge is 0.317 e. The second kappa shape index (κ2) is 8.13. The number of hydrogen-bond donors (Lipinski definition) is 1. The third-order valence-corrected chi connectivity index (χ3v) is 4.50. The minimum atomic E-state index is -4.00. The van der Waals surface area contributed by atoms with Gasteiger partial charge in [-0.3, -0.25) is 0 Å². The zero-order valence-electron chi connectivity index (χ0n) is 12.2. The van der Waals surface area contributed by atoms with Crippen LogP contribution in [0.1, 0.15) is 64.7 Å². The van der Waals surface area contributed by atoms with E-state index in [2.05, 4.69) is 12.2 Å². The van der Waals surface area contributed by atoms with Crippen molar-refractivity contribution in [2.75, 3.05) is 7.05 Å². The molecule has 1 fully saturated rings. The fourth-order valence-corrected chi connectivity index (χ4v) is 3.43. The zero-order valence-corrected chi connectivity index (χ0v) is 12.2. The molecule has 0 aliphatic heterocycles. The van der Waals surface area contributed by atoms with Gasteiger partial charge in [-0.1, -0.05) is 32.6 Å². The monoisotopic (exact) mass is 279 g/mol. The maximum atomic E-state index is 12.2. The Morgan fingerprint density at radius 2 is 1.79 bits per heavy atom. The first-order valence-corrected chi connectivity index (χ1v) is 7.70. The van der Waals surface area contributed by atoms with E-state index < -0.39 is 12.6 Å². The van der Waals surface area contributed by atoms with Crippen molar-refractivity contribution in [2.45, 2.75) is 76.9 Å². The molecule has 0 saturated heterocycles. The lowest BCUT2D eigenvalue weighted by Crippen LogP contribution is -2.36. The Morgan fingerprint density at radius 1 is 1.16 bits per heavy atom. The minimum Gasteiger partial charge on any atom is -0.317 e. The molecule has 19 heavy (non-hydrogen) atoms. The van der Waals surface area contributed by atoms with Gasteiger partial charge in [0, 0.05) is 12.5 Å². The van der Waals surface area contributed by atoms with Gasteiger partial charge in [0.05, 0.1) is 0 Å². The summed E-state index contributed by atoms with van der Waals surface area (Å²) >= 11 is 0. The van der Waals surface area contributed by atoms with E-state index in [1.54, 1.807) is 0 Å². The number of hydrogen-bond acceptors (Lipinski definition) is 1. The topological polar surface area (TPSA) is 12.0 Å². The summed E-state index contributed by atoms with van der Waals surface area (Å²) in [5.74, 6) is 1.43. The molecule has 0 heterocycles. The molecule has 1 N–H and O–H groups in total. The molecule has 1 rings (SSSR count). The lowest BCUT2D eigenvalue weighted by Gasteiger charge is -2.34. The molecule has 1 saturated carbocycles. The third kappa shape index (κ3) is 6.64. The fraction of sp³-hybridized carbons (Fsp3) is 1.00. The van der Waals surface area contributed by atoms with Crippen molar-refractivity contribution in [3.05, 3.63) is 0 Å². The molecular weight excluding hydrogens is 251 g/mol. The predicted molar refractivity (Wildman–Crippen MR) is 73.1 cm³/mol. The lowest BCUT2D eigenvalue weighted by molar-refractivity contribution is -0.136. The van der Waals surface area contributed by atoms with E-state index in [0.29, 0.717) is 12.3 Å². The Labute approximate surface area is 115 Å². The van der Waals surface area contributed by atoms with Crippen LogP contribution in [0.5, 0.6) is 0 Å². The summed E-state index contributed by atoms with van der Waals surface area (Å²) in [5, 5.41) is 3.24. The first-order valence-electron chi connectivity index (χ1n) is 7.70. The van der Waals surface area contributed by atoms with Gasteiger partial charge in [0.15, 0.2) is 0 Å². The quantitative estimate of drug-likeness (QED) is 0.698. The molecule has 0 aromatic rings. The van der Waals surface area contributed by atoms with Crippen LogP contribution in [0.2, 0.25) is 0 Å². The van der Waals surface area contributed by atoms with E-state index in [-0.39, 0.29) is 12.5 Å². The van der Waals surface area contributed by atoms with Crippen molar-refractivity contribution >= 4 is 0 Å². The van der Waals surface area contributed by atoms with Gasteiger partial charge in [-0.15, -0.1) is 0 Å². The zero-order chi connectivity index (χ0) is 14.3. The second-order valence-corrected chi connectivity index (χ2v) is 5.97. The van der Waals surface area contributed by atoms with Crippen LogP contribution in [-0.4, -0.2) is 19.3 Å². The lowest BCUT2D eigenvalue weighted by atomic mass is 9.76. The molecule has 114 valence electrons. The third-order valence-electron chi connectivity index (χ3n) is 4.50. The van der Waals surface area contributed by atoms with E-state index in [0.717, 1.165) is 5.92 Å². The maximum Gasteiger partial charge on any atom is 0.389 e. The van der Waals surface area contributed by atoms with E-state index in [1.165, 1.54) is 38.5 Å². The standard InChI is InChI=1S/C15H28F3N/c1-3-5-12-7-9-13(10-8-12)14(19-2)6-4-11-15(16,17)18/h12-14,19H,3-11H2,1-2H3. The fourth-order valence-electron chi connectivity index (χ4n) is 3.43. The maximum absolute atomic E-state index is 12.2. The molecule has 0 aromatic carbocycles. The van der Waals surface area contributed by atoms with E-state index in [4.69, 9.17) is 0 Å². The number of nitrogens with one attached hydrogen (secondary N) is 1. The highest BCUT2D eigenvalue weighted by molar-refractivity contribution is 4.81. The molecule has 0 spiro atoms. The largest absolute Gasteiger partial charge is 0.389 e. The Kier molecular flexibility index (Phi) is 7.19. The molecular formula is C15H28F3N. The second-order valence-electron chi connectivity index (χ2n) is 5.97. The van der Waals surface area contributed by atoms with Gasteiger partial charge in [0.25, 0.3) is 0 Å². The summed E-state index contributed by atoms with van der Waals surface area (Å²) in [6.07, 6.45) is 3.70. The summed E-state index contributed by atoms with van der Waals surface area (Å²) in [6, 6.07) is 0.268. The molecule has 1 atom stereocenters. The molecule has 1 aliphatic rings. The number of halogens is 3. The summed E-state index contributed by atoms with van der Waals surface area (Å²) in [7, 11) is 1.89. The molecule has 0 bridgehead atoms. The molecule has 1 unspecified atom stereocenters. The van der Waals surface area contributed by atoms with Crippen LogP contribution in [0, 0.1) is 11.8 Å². The van der Waals surface area contributed by atoms with E-state index in [1.807, 2.05) is 7.05 Å². The van der Waals surface area contributed by atoms with Gasteiger partial charge in [-0.05, 0) is 44.6 Å². The average molecular weight is 279 g/mol. The highest BCUT2D eigenvalue weighted by atomic mass is 19.4. The summed E-state index contributed by atoms with van der Waals surface area (Å²) < 4.78 is 36.5. The van der Waals surface area contributed by atoms with Crippen molar-refractivity contribution in [1.82, 2.24) is 5.32 Å². The predicted octanol–water partition coefficient (Wildman–Crippen LogP) is 4.91. The molecule has 1 aliphatic carbocycles. The number of rotatable bonds is 7. The highest BCUT2D eigenvalue weighted by Crippen LogP contribution is 2.34. The van der Waals surface area contributed by atoms with Crippen LogP contribution in [0.3, 0.4) is 0 Å². The molecule has 0 aromatic heterocycles. The first kappa shape index (κ1) is 16.8. The van der Waals surface area contributed by atoms with Gasteiger partial charge in [-0.25, -0.2) is 0 Å². The van der Waals surface area contributed by atoms with Gasteiger partial charge >= 0.3 is 6.18 Å². The molecule has 1 nitrogen and oxygen atoms in total. The van der Waals surface area contributed by atoms with Crippen LogP contribution < -0.4 is 5.32 Å². The SMILES string of the molecule is CCCC1CCC(C(CCCC(F)(F)F)NC)CC1. The van der Waals surface area contributed by atoms with Crippen molar-refractivity contribution in [1.29, 1.82) is 0 Å².